The molecule has 1 saturated carbocycles. The lowest BCUT2D eigenvalue weighted by atomic mass is 9.85. The molecule has 1 aromatic rings. The number of hydrogen-bond donors (Lipinski definition) is 3. The highest BCUT2D eigenvalue weighted by Crippen LogP contribution is 2.28. The van der Waals surface area contributed by atoms with Gasteiger partial charge in [-0.15, -0.1) is 0 Å². The summed E-state index contributed by atoms with van der Waals surface area (Å²) < 4.78 is 0. The number of rotatable bonds is 6. The van der Waals surface area contributed by atoms with Gasteiger partial charge in [0.25, 0.3) is 0 Å². The van der Waals surface area contributed by atoms with Gasteiger partial charge in [-0.1, -0.05) is 26.2 Å². The summed E-state index contributed by atoms with van der Waals surface area (Å²) in [5.74, 6) is 1.41. The Balaban J connectivity index is 1.88. The summed E-state index contributed by atoms with van der Waals surface area (Å²) in [6.45, 7) is 3.54. The Hall–Kier alpha value is -1.36. The number of nitrogens with zero attached hydrogens (tertiary/aromatic N) is 2. The first-order valence-corrected chi connectivity index (χ1v) is 7.25. The van der Waals surface area contributed by atoms with Gasteiger partial charge in [-0.2, -0.15) is 4.98 Å². The lowest BCUT2D eigenvalue weighted by Gasteiger charge is -2.32. The van der Waals surface area contributed by atoms with Crippen molar-refractivity contribution in [3.63, 3.8) is 0 Å². The smallest absolute Gasteiger partial charge is 0.224 e. The Morgan fingerprint density at radius 3 is 2.79 bits per heavy atom. The van der Waals surface area contributed by atoms with E-state index in [1.165, 1.54) is 6.42 Å². The highest BCUT2D eigenvalue weighted by atomic mass is 16.3. The average molecular weight is 264 g/mol. The van der Waals surface area contributed by atoms with Crippen LogP contribution in [0.4, 0.5) is 11.8 Å². The monoisotopic (exact) mass is 264 g/mol. The van der Waals surface area contributed by atoms with Crippen molar-refractivity contribution >= 4 is 11.8 Å². The molecular weight excluding hydrogens is 240 g/mol. The molecule has 2 rings (SSSR count). The molecule has 0 radical (unpaired) electrons. The Bertz CT molecular complexity index is 391. The molecular formula is C14H24N4O. The van der Waals surface area contributed by atoms with Crippen molar-refractivity contribution in [2.75, 3.05) is 23.7 Å². The molecule has 5 heteroatoms. The normalized spacial score (nSPS) is 18.0. The summed E-state index contributed by atoms with van der Waals surface area (Å²) in [6.07, 6.45) is 8.01. The molecule has 1 fully saturated rings. The summed E-state index contributed by atoms with van der Waals surface area (Å²) in [6, 6.07) is 1.84. The van der Waals surface area contributed by atoms with Gasteiger partial charge in [0.1, 0.15) is 5.82 Å². The second-order valence-electron chi connectivity index (χ2n) is 5.33. The Morgan fingerprint density at radius 2 is 2.05 bits per heavy atom. The molecule has 5 nitrogen and oxygen atoms in total. The van der Waals surface area contributed by atoms with Crippen molar-refractivity contribution in [3.8, 4) is 0 Å². The number of anilines is 2. The zero-order chi connectivity index (χ0) is 13.6. The topological polar surface area (TPSA) is 70.1 Å². The maximum Gasteiger partial charge on any atom is 0.224 e. The van der Waals surface area contributed by atoms with E-state index in [-0.39, 0.29) is 0 Å². The summed E-state index contributed by atoms with van der Waals surface area (Å²) in [4.78, 5) is 8.55. The SMILES string of the molecule is CCCNc1nccc(NCC2(O)CCCCC2)n1. The lowest BCUT2D eigenvalue weighted by Crippen LogP contribution is -2.38. The highest BCUT2D eigenvalue weighted by Gasteiger charge is 2.28. The predicted octanol–water partition coefficient (Wildman–Crippen LogP) is 2.41. The number of aliphatic hydroxyl groups is 1. The molecule has 0 unspecified atom stereocenters. The molecule has 0 spiro atoms. The van der Waals surface area contributed by atoms with Gasteiger partial charge in [0.05, 0.1) is 5.60 Å². The molecule has 0 bridgehead atoms. The zero-order valence-electron chi connectivity index (χ0n) is 11.7. The number of nitrogens with one attached hydrogen (secondary N) is 2. The zero-order valence-corrected chi connectivity index (χ0v) is 11.7. The second kappa shape index (κ2) is 6.70. The molecule has 0 aliphatic heterocycles. The van der Waals surface area contributed by atoms with E-state index < -0.39 is 5.60 Å². The van der Waals surface area contributed by atoms with E-state index in [0.29, 0.717) is 12.5 Å². The molecule has 1 heterocycles. The average Bonchev–Trinajstić information content (AvgIpc) is 2.44. The van der Waals surface area contributed by atoms with Gasteiger partial charge in [-0.25, -0.2) is 4.98 Å². The molecule has 3 N–H and O–H groups in total. The van der Waals surface area contributed by atoms with E-state index in [2.05, 4.69) is 27.5 Å². The summed E-state index contributed by atoms with van der Waals surface area (Å²) >= 11 is 0. The summed E-state index contributed by atoms with van der Waals surface area (Å²) in [5, 5.41) is 16.8. The van der Waals surface area contributed by atoms with E-state index >= 15 is 0 Å². The van der Waals surface area contributed by atoms with Gasteiger partial charge in [0.15, 0.2) is 0 Å². The number of aromatic nitrogens is 2. The third kappa shape index (κ3) is 4.35. The van der Waals surface area contributed by atoms with Gasteiger partial charge in [0.2, 0.25) is 5.95 Å². The van der Waals surface area contributed by atoms with Crippen LogP contribution in [0, 0.1) is 0 Å². The van der Waals surface area contributed by atoms with Gasteiger partial charge in [0, 0.05) is 19.3 Å². The van der Waals surface area contributed by atoms with Crippen LogP contribution in [0.3, 0.4) is 0 Å². The van der Waals surface area contributed by atoms with E-state index in [0.717, 1.165) is 44.5 Å². The van der Waals surface area contributed by atoms with Crippen molar-refractivity contribution < 1.29 is 5.11 Å². The quantitative estimate of drug-likeness (QED) is 0.736. The van der Waals surface area contributed by atoms with E-state index in [4.69, 9.17) is 0 Å². The standard InChI is InChI=1S/C14H24N4O/c1-2-9-15-13-16-10-6-12(18-13)17-11-14(19)7-4-3-5-8-14/h6,10,19H,2-5,7-9,11H2,1H3,(H2,15,16,17,18). The first kappa shape index (κ1) is 14.1. The third-order valence-electron chi connectivity index (χ3n) is 3.57. The van der Waals surface area contributed by atoms with Crippen molar-refractivity contribution in [2.45, 2.75) is 51.0 Å². The summed E-state index contributed by atoms with van der Waals surface area (Å²) in [7, 11) is 0. The fraction of sp³-hybridized carbons (Fsp3) is 0.714. The molecule has 0 atom stereocenters. The molecule has 19 heavy (non-hydrogen) atoms. The Morgan fingerprint density at radius 1 is 1.26 bits per heavy atom. The minimum Gasteiger partial charge on any atom is -0.388 e. The van der Waals surface area contributed by atoms with Crippen LogP contribution in [0.2, 0.25) is 0 Å². The van der Waals surface area contributed by atoms with Crippen LogP contribution in [-0.2, 0) is 0 Å². The minimum absolute atomic E-state index is 0.567. The van der Waals surface area contributed by atoms with E-state index in [1.54, 1.807) is 6.20 Å². The van der Waals surface area contributed by atoms with Crippen LogP contribution in [0.25, 0.3) is 0 Å². The van der Waals surface area contributed by atoms with Crippen LogP contribution < -0.4 is 10.6 Å². The van der Waals surface area contributed by atoms with Crippen LogP contribution in [0.1, 0.15) is 45.4 Å². The van der Waals surface area contributed by atoms with Crippen LogP contribution >= 0.6 is 0 Å². The van der Waals surface area contributed by atoms with Crippen LogP contribution in [0.5, 0.6) is 0 Å². The number of hydrogen-bond acceptors (Lipinski definition) is 5. The first-order valence-electron chi connectivity index (χ1n) is 7.25. The maximum atomic E-state index is 10.4. The molecule has 1 aliphatic rings. The van der Waals surface area contributed by atoms with Gasteiger partial charge in [-0.3, -0.25) is 0 Å². The largest absolute Gasteiger partial charge is 0.388 e. The molecule has 0 saturated heterocycles. The van der Waals surface area contributed by atoms with Crippen molar-refractivity contribution in [3.05, 3.63) is 12.3 Å². The van der Waals surface area contributed by atoms with Gasteiger partial charge >= 0.3 is 0 Å². The predicted molar refractivity (Wildman–Crippen MR) is 77.3 cm³/mol. The van der Waals surface area contributed by atoms with E-state index in [1.807, 2.05) is 6.07 Å². The van der Waals surface area contributed by atoms with Crippen LogP contribution in [0.15, 0.2) is 12.3 Å². The fourth-order valence-electron chi connectivity index (χ4n) is 2.42. The molecule has 1 aromatic heterocycles. The first-order chi connectivity index (χ1) is 9.22. The Labute approximate surface area is 114 Å². The minimum atomic E-state index is -0.569. The molecule has 0 amide bonds. The van der Waals surface area contributed by atoms with Gasteiger partial charge in [-0.05, 0) is 25.3 Å². The molecule has 106 valence electrons. The van der Waals surface area contributed by atoms with Crippen molar-refractivity contribution in [2.24, 2.45) is 0 Å². The van der Waals surface area contributed by atoms with Crippen molar-refractivity contribution in [1.82, 2.24) is 9.97 Å². The maximum absolute atomic E-state index is 10.4. The third-order valence-corrected chi connectivity index (χ3v) is 3.57. The fourth-order valence-corrected chi connectivity index (χ4v) is 2.42. The second-order valence-corrected chi connectivity index (χ2v) is 5.33. The lowest BCUT2D eigenvalue weighted by molar-refractivity contribution is 0.0166. The van der Waals surface area contributed by atoms with E-state index in [9.17, 15) is 5.11 Å². The van der Waals surface area contributed by atoms with Crippen molar-refractivity contribution in [1.29, 1.82) is 0 Å². The van der Waals surface area contributed by atoms with Crippen LogP contribution in [-0.4, -0.2) is 33.8 Å². The summed E-state index contributed by atoms with van der Waals surface area (Å²) in [5.41, 5.74) is -0.569. The molecule has 1 aliphatic carbocycles. The van der Waals surface area contributed by atoms with Gasteiger partial charge < -0.3 is 15.7 Å². The highest BCUT2D eigenvalue weighted by molar-refractivity contribution is 5.39. The Kier molecular flexibility index (Phi) is 4.96. The molecule has 0 aromatic carbocycles.